The molecule has 0 saturated heterocycles. The zero-order chi connectivity index (χ0) is 11.3. The summed E-state index contributed by atoms with van der Waals surface area (Å²) < 4.78 is 0. The highest BCUT2D eigenvalue weighted by Gasteiger charge is 2.18. The van der Waals surface area contributed by atoms with E-state index in [2.05, 4.69) is 0 Å². The van der Waals surface area contributed by atoms with Gasteiger partial charge in [0.1, 0.15) is 0 Å². The molecule has 82 valence electrons. The number of hydrogen-bond donors (Lipinski definition) is 1. The summed E-state index contributed by atoms with van der Waals surface area (Å²) in [5, 5.41) is 8.42. The standard InChI is InChI=1S/C10H19NO3/c1-7(2)8(3)11(4)9(12)5-6-10(13)14/h7-8H,5-6H2,1-4H3,(H,13,14). The normalized spacial score (nSPS) is 12.6. The van der Waals surface area contributed by atoms with Crippen molar-refractivity contribution in [3.05, 3.63) is 0 Å². The third kappa shape index (κ3) is 4.25. The van der Waals surface area contributed by atoms with Crippen LogP contribution < -0.4 is 0 Å². The van der Waals surface area contributed by atoms with Gasteiger partial charge in [-0.15, -0.1) is 0 Å². The number of amides is 1. The van der Waals surface area contributed by atoms with Crippen LogP contribution in [0.1, 0.15) is 33.6 Å². The van der Waals surface area contributed by atoms with Crippen LogP contribution in [-0.4, -0.2) is 35.0 Å². The molecule has 0 aliphatic carbocycles. The Morgan fingerprint density at radius 1 is 1.21 bits per heavy atom. The van der Waals surface area contributed by atoms with Crippen LogP contribution in [0.15, 0.2) is 0 Å². The van der Waals surface area contributed by atoms with E-state index in [0.29, 0.717) is 5.92 Å². The van der Waals surface area contributed by atoms with Gasteiger partial charge in [0.2, 0.25) is 5.91 Å². The second-order valence-electron chi connectivity index (χ2n) is 3.88. The van der Waals surface area contributed by atoms with Crippen LogP contribution >= 0.6 is 0 Å². The number of carbonyl (C=O) groups excluding carboxylic acids is 1. The van der Waals surface area contributed by atoms with Crippen molar-refractivity contribution in [2.24, 2.45) is 5.92 Å². The van der Waals surface area contributed by atoms with Crippen molar-refractivity contribution < 1.29 is 14.7 Å². The van der Waals surface area contributed by atoms with Gasteiger partial charge in [0.05, 0.1) is 6.42 Å². The van der Waals surface area contributed by atoms with Gasteiger partial charge >= 0.3 is 5.97 Å². The molecule has 0 aromatic rings. The molecule has 1 N–H and O–H groups in total. The first-order chi connectivity index (χ1) is 6.36. The fourth-order valence-corrected chi connectivity index (χ4v) is 1.06. The third-order valence-corrected chi connectivity index (χ3v) is 2.52. The molecule has 0 rings (SSSR count). The summed E-state index contributed by atoms with van der Waals surface area (Å²) in [6.45, 7) is 6.03. The van der Waals surface area contributed by atoms with Crippen molar-refractivity contribution in [2.45, 2.75) is 39.7 Å². The lowest BCUT2D eigenvalue weighted by molar-refractivity contribution is -0.141. The number of rotatable bonds is 5. The van der Waals surface area contributed by atoms with E-state index in [4.69, 9.17) is 5.11 Å². The van der Waals surface area contributed by atoms with E-state index < -0.39 is 5.97 Å². The first-order valence-electron chi connectivity index (χ1n) is 4.83. The number of nitrogens with zero attached hydrogens (tertiary/aromatic N) is 1. The molecule has 4 heteroatoms. The molecule has 0 spiro atoms. The lowest BCUT2D eigenvalue weighted by atomic mass is 10.0. The van der Waals surface area contributed by atoms with Crippen LogP contribution in [0.4, 0.5) is 0 Å². The average Bonchev–Trinajstić information content (AvgIpc) is 2.11. The Labute approximate surface area is 84.9 Å². The number of hydrogen-bond acceptors (Lipinski definition) is 2. The summed E-state index contributed by atoms with van der Waals surface area (Å²) in [5.74, 6) is -0.647. The fourth-order valence-electron chi connectivity index (χ4n) is 1.06. The summed E-state index contributed by atoms with van der Waals surface area (Å²) in [5.41, 5.74) is 0. The minimum atomic E-state index is -0.927. The molecule has 0 bridgehead atoms. The van der Waals surface area contributed by atoms with Gasteiger partial charge in [-0.2, -0.15) is 0 Å². The average molecular weight is 201 g/mol. The second-order valence-corrected chi connectivity index (χ2v) is 3.88. The molecule has 0 aliphatic heterocycles. The summed E-state index contributed by atoms with van der Waals surface area (Å²) >= 11 is 0. The van der Waals surface area contributed by atoms with E-state index in [1.807, 2.05) is 20.8 Å². The van der Waals surface area contributed by atoms with Crippen molar-refractivity contribution in [3.63, 3.8) is 0 Å². The molecule has 0 saturated carbocycles. The van der Waals surface area contributed by atoms with Crippen molar-refractivity contribution in [1.82, 2.24) is 4.90 Å². The quantitative estimate of drug-likeness (QED) is 0.730. The maximum absolute atomic E-state index is 11.5. The lowest BCUT2D eigenvalue weighted by Gasteiger charge is -2.27. The molecule has 0 aromatic heterocycles. The maximum atomic E-state index is 11.5. The second kappa shape index (κ2) is 5.62. The Hall–Kier alpha value is -1.06. The van der Waals surface area contributed by atoms with Crippen molar-refractivity contribution in [3.8, 4) is 0 Å². The predicted octanol–water partition coefficient (Wildman–Crippen LogP) is 1.35. The van der Waals surface area contributed by atoms with Crippen LogP contribution in [0.5, 0.6) is 0 Å². The monoisotopic (exact) mass is 201 g/mol. The van der Waals surface area contributed by atoms with E-state index in [0.717, 1.165) is 0 Å². The Balaban J connectivity index is 4.05. The molecule has 0 heterocycles. The zero-order valence-electron chi connectivity index (χ0n) is 9.28. The zero-order valence-corrected chi connectivity index (χ0v) is 9.28. The molecule has 0 radical (unpaired) electrons. The van der Waals surface area contributed by atoms with E-state index >= 15 is 0 Å². The van der Waals surface area contributed by atoms with Gasteiger partial charge < -0.3 is 10.0 Å². The van der Waals surface area contributed by atoms with Crippen molar-refractivity contribution in [1.29, 1.82) is 0 Å². The van der Waals surface area contributed by atoms with E-state index in [1.165, 1.54) is 0 Å². The minimum Gasteiger partial charge on any atom is -0.481 e. The largest absolute Gasteiger partial charge is 0.481 e. The molecule has 0 aromatic carbocycles. The van der Waals surface area contributed by atoms with E-state index in [9.17, 15) is 9.59 Å². The van der Waals surface area contributed by atoms with Crippen LogP contribution in [0.3, 0.4) is 0 Å². The van der Waals surface area contributed by atoms with Gasteiger partial charge in [0.25, 0.3) is 0 Å². The van der Waals surface area contributed by atoms with Gasteiger partial charge in [0, 0.05) is 19.5 Å². The molecule has 1 amide bonds. The minimum absolute atomic E-state index is 0.0862. The number of carbonyl (C=O) groups is 2. The summed E-state index contributed by atoms with van der Waals surface area (Å²) in [7, 11) is 1.72. The molecule has 1 atom stereocenters. The predicted molar refractivity (Wildman–Crippen MR) is 53.9 cm³/mol. The highest BCUT2D eigenvalue weighted by atomic mass is 16.4. The summed E-state index contributed by atoms with van der Waals surface area (Å²) in [6, 6.07) is 0.149. The highest BCUT2D eigenvalue weighted by molar-refractivity contribution is 5.80. The van der Waals surface area contributed by atoms with Gasteiger partial charge in [-0.05, 0) is 12.8 Å². The molecular formula is C10H19NO3. The van der Waals surface area contributed by atoms with E-state index in [-0.39, 0.29) is 24.8 Å². The summed E-state index contributed by atoms with van der Waals surface area (Å²) in [4.78, 5) is 23.3. The molecule has 4 nitrogen and oxygen atoms in total. The Kier molecular flexibility index (Phi) is 5.20. The maximum Gasteiger partial charge on any atom is 0.303 e. The summed E-state index contributed by atoms with van der Waals surface area (Å²) in [6.07, 6.45) is -0.00309. The van der Waals surface area contributed by atoms with E-state index in [1.54, 1.807) is 11.9 Å². The lowest BCUT2D eigenvalue weighted by Crippen LogP contribution is -2.38. The Morgan fingerprint density at radius 2 is 1.71 bits per heavy atom. The molecule has 1 unspecified atom stereocenters. The molecule has 0 fully saturated rings. The molecule has 0 aliphatic rings. The first-order valence-corrected chi connectivity index (χ1v) is 4.83. The van der Waals surface area contributed by atoms with Crippen LogP contribution in [-0.2, 0) is 9.59 Å². The van der Waals surface area contributed by atoms with Crippen LogP contribution in [0, 0.1) is 5.92 Å². The van der Waals surface area contributed by atoms with Crippen LogP contribution in [0.2, 0.25) is 0 Å². The Morgan fingerprint density at radius 3 is 2.07 bits per heavy atom. The third-order valence-electron chi connectivity index (χ3n) is 2.52. The number of aliphatic carboxylic acids is 1. The number of carboxylic acids is 1. The van der Waals surface area contributed by atoms with Crippen molar-refractivity contribution >= 4 is 11.9 Å². The smallest absolute Gasteiger partial charge is 0.303 e. The first kappa shape index (κ1) is 12.9. The molecular weight excluding hydrogens is 182 g/mol. The van der Waals surface area contributed by atoms with Gasteiger partial charge in [-0.25, -0.2) is 0 Å². The topological polar surface area (TPSA) is 57.6 Å². The van der Waals surface area contributed by atoms with Gasteiger partial charge in [-0.1, -0.05) is 13.8 Å². The van der Waals surface area contributed by atoms with Gasteiger partial charge in [0.15, 0.2) is 0 Å². The van der Waals surface area contributed by atoms with Crippen molar-refractivity contribution in [2.75, 3.05) is 7.05 Å². The Bertz CT molecular complexity index is 213. The highest BCUT2D eigenvalue weighted by Crippen LogP contribution is 2.09. The SMILES string of the molecule is CC(C)C(C)N(C)C(=O)CCC(=O)O. The fraction of sp³-hybridized carbons (Fsp3) is 0.800. The van der Waals surface area contributed by atoms with Gasteiger partial charge in [-0.3, -0.25) is 9.59 Å². The molecule has 14 heavy (non-hydrogen) atoms. The number of carboxylic acid groups (broad SMARTS) is 1. The van der Waals surface area contributed by atoms with Crippen LogP contribution in [0.25, 0.3) is 0 Å².